The first kappa shape index (κ1) is 25.7. The number of nitrogens with zero attached hydrogens (tertiary/aromatic N) is 3. The number of benzene rings is 2. The van der Waals surface area contributed by atoms with Gasteiger partial charge in [-0.15, -0.1) is 0 Å². The summed E-state index contributed by atoms with van der Waals surface area (Å²) in [4.78, 5) is 30.5. The van der Waals surface area contributed by atoms with E-state index in [2.05, 4.69) is 15.8 Å². The molecule has 0 unspecified atom stereocenters. The molecule has 0 aliphatic carbocycles. The van der Waals surface area contributed by atoms with Gasteiger partial charge in [-0.25, -0.2) is 18.2 Å². The molecule has 192 valence electrons. The Hall–Kier alpha value is -3.42. The number of aromatic nitrogens is 1. The standard InChI is InChI=1S/C23H27N5O6S2/c1-4-34-23(30)27-11-13-28(14-12-27)36(31,32)17-8-6-16(7-9-17)21(29)25-26-22-24-19-18(33-3)10-5-15(2)20(19)35-22/h5-10H,4,11-14H2,1-3H3,(H,24,26)(H,25,29). The van der Waals surface area contributed by atoms with Crippen molar-refractivity contribution in [1.82, 2.24) is 19.6 Å². The van der Waals surface area contributed by atoms with Crippen molar-refractivity contribution >= 4 is 48.7 Å². The fourth-order valence-corrected chi connectivity index (χ4v) is 6.09. The van der Waals surface area contributed by atoms with Gasteiger partial charge in [0.1, 0.15) is 11.3 Å². The molecular formula is C23H27N5O6S2. The maximum Gasteiger partial charge on any atom is 0.409 e. The van der Waals surface area contributed by atoms with Crippen LogP contribution in [-0.2, 0) is 14.8 Å². The molecule has 1 aliphatic rings. The SMILES string of the molecule is CCOC(=O)N1CCN(S(=O)(=O)c2ccc(C(=O)NNc3nc4c(OC)ccc(C)c4s3)cc2)CC1. The van der Waals surface area contributed by atoms with Crippen molar-refractivity contribution in [3.63, 3.8) is 0 Å². The lowest BCUT2D eigenvalue weighted by Gasteiger charge is -2.33. The first-order chi connectivity index (χ1) is 17.2. The Morgan fingerprint density at radius 1 is 1.08 bits per heavy atom. The molecule has 36 heavy (non-hydrogen) atoms. The topological polar surface area (TPSA) is 130 Å². The largest absolute Gasteiger partial charge is 0.494 e. The second kappa shape index (κ2) is 10.7. The van der Waals surface area contributed by atoms with E-state index in [0.717, 1.165) is 10.3 Å². The van der Waals surface area contributed by atoms with Gasteiger partial charge in [0, 0.05) is 31.7 Å². The van der Waals surface area contributed by atoms with Crippen molar-refractivity contribution in [1.29, 1.82) is 0 Å². The molecule has 0 spiro atoms. The molecule has 4 rings (SSSR count). The number of hydrogen-bond donors (Lipinski definition) is 2. The summed E-state index contributed by atoms with van der Waals surface area (Å²) in [6, 6.07) is 9.48. The van der Waals surface area contributed by atoms with Gasteiger partial charge >= 0.3 is 6.09 Å². The molecule has 13 heteroatoms. The molecule has 1 fully saturated rings. The van der Waals surface area contributed by atoms with E-state index in [0.29, 0.717) is 16.4 Å². The molecule has 0 saturated carbocycles. The van der Waals surface area contributed by atoms with Crippen molar-refractivity contribution in [3.8, 4) is 5.75 Å². The average Bonchev–Trinajstić information content (AvgIpc) is 3.33. The number of aryl methyl sites for hydroxylation is 1. The summed E-state index contributed by atoms with van der Waals surface area (Å²) in [5, 5.41) is 0.493. The van der Waals surface area contributed by atoms with Crippen LogP contribution in [0.15, 0.2) is 41.3 Å². The normalized spacial score (nSPS) is 14.5. The van der Waals surface area contributed by atoms with Gasteiger partial charge in [-0.2, -0.15) is 4.31 Å². The average molecular weight is 534 g/mol. The number of sulfonamides is 1. The molecule has 0 radical (unpaired) electrons. The first-order valence-corrected chi connectivity index (χ1v) is 13.5. The summed E-state index contributed by atoms with van der Waals surface area (Å²) in [6.07, 6.45) is -0.446. The fourth-order valence-electron chi connectivity index (χ4n) is 3.76. The number of ether oxygens (including phenoxy) is 2. The van der Waals surface area contributed by atoms with Crippen molar-refractivity contribution in [2.75, 3.05) is 45.3 Å². The third-order valence-electron chi connectivity index (χ3n) is 5.73. The number of anilines is 1. The molecule has 2 N–H and O–H groups in total. The number of nitrogens with one attached hydrogen (secondary N) is 2. The third kappa shape index (κ3) is 5.22. The van der Waals surface area contributed by atoms with Crippen LogP contribution in [0, 0.1) is 6.92 Å². The number of carbonyl (C=O) groups excluding carboxylic acids is 2. The van der Waals surface area contributed by atoms with Gasteiger partial charge < -0.3 is 14.4 Å². The maximum atomic E-state index is 13.0. The summed E-state index contributed by atoms with van der Waals surface area (Å²) in [5.41, 5.74) is 7.43. The molecule has 1 saturated heterocycles. The van der Waals surface area contributed by atoms with E-state index in [9.17, 15) is 18.0 Å². The lowest BCUT2D eigenvalue weighted by molar-refractivity contribution is 0.0933. The molecule has 3 aromatic rings. The van der Waals surface area contributed by atoms with Crippen LogP contribution < -0.4 is 15.6 Å². The predicted molar refractivity (Wildman–Crippen MR) is 136 cm³/mol. The molecule has 2 heterocycles. The van der Waals surface area contributed by atoms with Gasteiger partial charge in [-0.3, -0.25) is 15.6 Å². The number of methoxy groups -OCH3 is 1. The minimum Gasteiger partial charge on any atom is -0.494 e. The van der Waals surface area contributed by atoms with Crippen LogP contribution in [0.5, 0.6) is 5.75 Å². The van der Waals surface area contributed by atoms with E-state index in [1.165, 1.54) is 44.8 Å². The van der Waals surface area contributed by atoms with Crippen molar-refractivity contribution in [3.05, 3.63) is 47.5 Å². The summed E-state index contributed by atoms with van der Waals surface area (Å²) < 4.78 is 38.6. The highest BCUT2D eigenvalue weighted by Gasteiger charge is 2.30. The maximum absolute atomic E-state index is 13.0. The molecule has 2 aromatic carbocycles. The van der Waals surface area contributed by atoms with Crippen LogP contribution >= 0.6 is 11.3 Å². The fraction of sp³-hybridized carbons (Fsp3) is 0.348. The Labute approximate surface area is 213 Å². The lowest BCUT2D eigenvalue weighted by atomic mass is 10.2. The van der Waals surface area contributed by atoms with Gasteiger partial charge in [0.15, 0.2) is 0 Å². The molecule has 2 amide bonds. The zero-order chi connectivity index (χ0) is 25.9. The van der Waals surface area contributed by atoms with E-state index >= 15 is 0 Å². The summed E-state index contributed by atoms with van der Waals surface area (Å²) in [6.45, 7) is 4.79. The molecule has 1 aromatic heterocycles. The molecule has 0 bridgehead atoms. The number of hydrogen-bond acceptors (Lipinski definition) is 9. The van der Waals surface area contributed by atoms with Crippen molar-refractivity contribution < 1.29 is 27.5 Å². The molecule has 0 atom stereocenters. The van der Waals surface area contributed by atoms with Gasteiger partial charge in [0.2, 0.25) is 15.2 Å². The van der Waals surface area contributed by atoms with Crippen LogP contribution in [0.4, 0.5) is 9.93 Å². The van der Waals surface area contributed by atoms with Crippen LogP contribution in [0.3, 0.4) is 0 Å². The first-order valence-electron chi connectivity index (χ1n) is 11.3. The van der Waals surface area contributed by atoms with Crippen LogP contribution in [-0.4, -0.2) is 74.5 Å². The minimum atomic E-state index is -3.76. The number of carbonyl (C=O) groups is 2. The summed E-state index contributed by atoms with van der Waals surface area (Å²) >= 11 is 1.38. The van der Waals surface area contributed by atoms with Gasteiger partial charge in [0.05, 0.1) is 23.3 Å². The van der Waals surface area contributed by atoms with E-state index in [1.807, 2.05) is 19.1 Å². The Kier molecular flexibility index (Phi) is 7.62. The quantitative estimate of drug-likeness (QED) is 0.444. The Balaban J connectivity index is 1.38. The highest BCUT2D eigenvalue weighted by molar-refractivity contribution is 7.89. The molecular weight excluding hydrogens is 506 g/mol. The number of amides is 2. The zero-order valence-corrected chi connectivity index (χ0v) is 21.7. The van der Waals surface area contributed by atoms with E-state index in [1.54, 1.807) is 14.0 Å². The van der Waals surface area contributed by atoms with Gasteiger partial charge in [-0.05, 0) is 49.7 Å². The van der Waals surface area contributed by atoms with E-state index in [-0.39, 0.29) is 43.2 Å². The monoisotopic (exact) mass is 533 g/mol. The Morgan fingerprint density at radius 2 is 1.78 bits per heavy atom. The van der Waals surface area contributed by atoms with Gasteiger partial charge in [-0.1, -0.05) is 17.4 Å². The van der Waals surface area contributed by atoms with E-state index < -0.39 is 22.0 Å². The second-order valence-corrected chi connectivity index (χ2v) is 10.9. The van der Waals surface area contributed by atoms with Crippen LogP contribution in [0.25, 0.3) is 10.2 Å². The third-order valence-corrected chi connectivity index (χ3v) is 8.74. The zero-order valence-electron chi connectivity index (χ0n) is 20.1. The number of thiazole rings is 1. The highest BCUT2D eigenvalue weighted by atomic mass is 32.2. The van der Waals surface area contributed by atoms with Crippen LogP contribution in [0.2, 0.25) is 0 Å². The number of rotatable bonds is 7. The van der Waals surface area contributed by atoms with Crippen molar-refractivity contribution in [2.24, 2.45) is 0 Å². The number of piperazine rings is 1. The van der Waals surface area contributed by atoms with Gasteiger partial charge in [0.25, 0.3) is 5.91 Å². The summed E-state index contributed by atoms with van der Waals surface area (Å²) in [5.74, 6) is 0.204. The molecule has 11 nitrogen and oxygen atoms in total. The lowest BCUT2D eigenvalue weighted by Crippen LogP contribution is -2.50. The second-order valence-electron chi connectivity index (χ2n) is 7.98. The van der Waals surface area contributed by atoms with Crippen LogP contribution in [0.1, 0.15) is 22.8 Å². The number of hydrazine groups is 1. The highest BCUT2D eigenvalue weighted by Crippen LogP contribution is 2.34. The molecule has 1 aliphatic heterocycles. The minimum absolute atomic E-state index is 0.0744. The Morgan fingerprint density at radius 3 is 2.42 bits per heavy atom. The summed E-state index contributed by atoms with van der Waals surface area (Å²) in [7, 11) is -2.18. The Bertz CT molecular complexity index is 1370. The van der Waals surface area contributed by atoms with E-state index in [4.69, 9.17) is 9.47 Å². The van der Waals surface area contributed by atoms with Crippen molar-refractivity contribution in [2.45, 2.75) is 18.7 Å². The smallest absolute Gasteiger partial charge is 0.409 e. The number of fused-ring (bicyclic) bond motifs is 1. The predicted octanol–water partition coefficient (Wildman–Crippen LogP) is 2.83.